The first-order valence-electron chi connectivity index (χ1n) is 11.3. The molecule has 190 valence electrons. The maximum atomic E-state index is 13.8. The third-order valence-electron chi connectivity index (χ3n) is 7.76. The van der Waals surface area contributed by atoms with Gasteiger partial charge in [0.15, 0.2) is 34.7 Å². The van der Waals surface area contributed by atoms with E-state index < -0.39 is 76.2 Å². The van der Waals surface area contributed by atoms with Gasteiger partial charge in [0.05, 0.1) is 35.1 Å². The molecule has 2 unspecified atom stereocenters. The quantitative estimate of drug-likeness (QED) is 0.267. The minimum Gasteiger partial charge on any atom is -0.506 e. The molecule has 2 saturated carbocycles. The zero-order valence-electron chi connectivity index (χ0n) is 20.2. The highest BCUT2D eigenvalue weighted by atomic mass is 16.3. The van der Waals surface area contributed by atoms with Gasteiger partial charge in [-0.15, -0.1) is 6.42 Å². The molecule has 2 fully saturated rings. The van der Waals surface area contributed by atoms with Crippen LogP contribution in [-0.2, 0) is 25.6 Å². The molecule has 0 bridgehead atoms. The number of ketones is 4. The Morgan fingerprint density at radius 1 is 1.17 bits per heavy atom. The second-order valence-electron chi connectivity index (χ2n) is 10.1. The van der Waals surface area contributed by atoms with Gasteiger partial charge in [-0.05, 0) is 32.1 Å². The van der Waals surface area contributed by atoms with E-state index >= 15 is 0 Å². The predicted octanol–water partition coefficient (Wildman–Crippen LogP) is -2.11. The first-order chi connectivity index (χ1) is 16.7. The van der Waals surface area contributed by atoms with Crippen molar-refractivity contribution in [3.05, 3.63) is 22.8 Å². The van der Waals surface area contributed by atoms with Crippen molar-refractivity contribution in [3.8, 4) is 18.1 Å². The van der Waals surface area contributed by atoms with E-state index in [-0.39, 0.29) is 17.5 Å². The molecular formula is C25H27N3O8. The lowest BCUT2D eigenvalue weighted by molar-refractivity contribution is -0.195. The summed E-state index contributed by atoms with van der Waals surface area (Å²) in [4.78, 5) is 68.9. The highest BCUT2D eigenvalue weighted by molar-refractivity contribution is 6.32. The lowest BCUT2D eigenvalue weighted by Gasteiger charge is -2.54. The van der Waals surface area contributed by atoms with Gasteiger partial charge in [0.25, 0.3) is 0 Å². The average Bonchev–Trinajstić information content (AvgIpc) is 2.78. The smallest absolute Gasteiger partial charge is 0.235 e. The van der Waals surface area contributed by atoms with Crippen molar-refractivity contribution in [2.45, 2.75) is 24.2 Å². The van der Waals surface area contributed by atoms with Gasteiger partial charge in [0.1, 0.15) is 5.75 Å². The summed E-state index contributed by atoms with van der Waals surface area (Å²) in [6.45, 7) is 0. The number of likely N-dealkylation sites (N-methyl/N-ethyl adjacent to an activating group) is 1. The lowest BCUT2D eigenvalue weighted by atomic mass is 9.51. The van der Waals surface area contributed by atoms with Crippen LogP contribution in [-0.4, -0.2) is 95.2 Å². The Labute approximate surface area is 206 Å². The SMILES string of the molecule is C#Cc1cc(N(C)C)c2c(c1O)C(=O)C1C(=O)[C@]3(O)C(=O)C(C(N)=O)C(=O)[C@@H](N(C)C)[C@@H]3[C@@H](O)[C@@H]1C2. The van der Waals surface area contributed by atoms with Crippen LogP contribution in [0.15, 0.2) is 6.07 Å². The fraction of sp³-hybridized carbons (Fsp3) is 0.480. The van der Waals surface area contributed by atoms with Crippen molar-refractivity contribution in [1.29, 1.82) is 0 Å². The van der Waals surface area contributed by atoms with Gasteiger partial charge >= 0.3 is 0 Å². The summed E-state index contributed by atoms with van der Waals surface area (Å²) in [6.07, 6.45) is 3.74. The van der Waals surface area contributed by atoms with Gasteiger partial charge in [-0.25, -0.2) is 0 Å². The third kappa shape index (κ3) is 3.08. The van der Waals surface area contributed by atoms with Crippen LogP contribution in [0.5, 0.6) is 5.75 Å². The standard InChI is InChI=1S/C25H27N3O8/c1-6-9-7-12(27(2)3)10-8-11-14(20(31)13(10)18(9)29)22(33)25(36)16(19(11)30)17(28(4)5)21(32)15(23(25)34)24(26)35/h1,7,11,14-17,19,29-30,36H,8H2,2-5H3,(H2,26,35)/t11-,14?,15?,16-,17+,19+,25+/m1/s1. The Hall–Kier alpha value is -3.59. The molecule has 3 aliphatic carbocycles. The number of amides is 1. The average molecular weight is 498 g/mol. The van der Waals surface area contributed by atoms with E-state index in [1.54, 1.807) is 19.0 Å². The highest BCUT2D eigenvalue weighted by Crippen LogP contribution is 2.52. The number of carbonyl (C=O) groups is 5. The number of rotatable bonds is 3. The number of primary amides is 1. The minimum atomic E-state index is -3.03. The third-order valence-corrected chi connectivity index (χ3v) is 7.76. The Morgan fingerprint density at radius 3 is 2.28 bits per heavy atom. The van der Waals surface area contributed by atoms with Crippen LogP contribution >= 0.6 is 0 Å². The number of aliphatic hydroxyl groups excluding tert-OH is 1. The molecule has 0 spiro atoms. The van der Waals surface area contributed by atoms with Crippen molar-refractivity contribution in [3.63, 3.8) is 0 Å². The maximum Gasteiger partial charge on any atom is 0.235 e. The molecular weight excluding hydrogens is 470 g/mol. The van der Waals surface area contributed by atoms with Crippen LogP contribution in [0.4, 0.5) is 5.69 Å². The fourth-order valence-corrected chi connectivity index (χ4v) is 6.17. The number of benzene rings is 1. The molecule has 0 aliphatic heterocycles. The Morgan fingerprint density at radius 2 is 1.78 bits per heavy atom. The molecule has 3 aliphatic rings. The molecule has 4 rings (SSSR count). The van der Waals surface area contributed by atoms with Crippen molar-refractivity contribution in [1.82, 2.24) is 4.90 Å². The number of nitrogens with two attached hydrogens (primary N) is 1. The summed E-state index contributed by atoms with van der Waals surface area (Å²) in [5.74, 6) is -10.8. The molecule has 11 heteroatoms. The topological polar surface area (TPSA) is 179 Å². The van der Waals surface area contributed by atoms with Crippen LogP contribution in [0.25, 0.3) is 0 Å². The Kier molecular flexibility index (Phi) is 5.83. The summed E-state index contributed by atoms with van der Waals surface area (Å²) >= 11 is 0. The number of fused-ring (bicyclic) bond motifs is 3. The number of phenols is 1. The molecule has 36 heavy (non-hydrogen) atoms. The van der Waals surface area contributed by atoms with Crippen LogP contribution in [0.1, 0.15) is 21.5 Å². The van der Waals surface area contributed by atoms with Crippen molar-refractivity contribution in [2.24, 2.45) is 29.4 Å². The predicted molar refractivity (Wildman–Crippen MR) is 125 cm³/mol. The molecule has 0 aromatic heterocycles. The largest absolute Gasteiger partial charge is 0.506 e. The molecule has 0 saturated heterocycles. The summed E-state index contributed by atoms with van der Waals surface area (Å²) in [5, 5.41) is 33.8. The number of phenolic OH excluding ortho intramolecular Hbond substituents is 1. The summed E-state index contributed by atoms with van der Waals surface area (Å²) in [6, 6.07) is 0.0928. The monoisotopic (exact) mass is 497 g/mol. The van der Waals surface area contributed by atoms with Gasteiger partial charge in [-0.2, -0.15) is 0 Å². The van der Waals surface area contributed by atoms with Crippen LogP contribution in [0, 0.1) is 36.0 Å². The lowest BCUT2D eigenvalue weighted by Crippen LogP contribution is -2.77. The van der Waals surface area contributed by atoms with E-state index in [9.17, 15) is 39.3 Å². The Bertz CT molecular complexity index is 1280. The van der Waals surface area contributed by atoms with Gasteiger partial charge in [0, 0.05) is 25.7 Å². The van der Waals surface area contributed by atoms with Crippen molar-refractivity contribution in [2.75, 3.05) is 33.1 Å². The van der Waals surface area contributed by atoms with E-state index in [2.05, 4.69) is 5.92 Å². The number of aliphatic hydroxyl groups is 2. The molecule has 5 N–H and O–H groups in total. The minimum absolute atomic E-state index is 0.00505. The van der Waals surface area contributed by atoms with Gasteiger partial charge in [0.2, 0.25) is 5.91 Å². The normalized spacial score (nSPS) is 33.5. The summed E-state index contributed by atoms with van der Waals surface area (Å²) < 4.78 is 0. The number of aromatic hydroxyl groups is 1. The fourth-order valence-electron chi connectivity index (χ4n) is 6.17. The first kappa shape index (κ1) is 25.5. The molecule has 1 aromatic rings. The summed E-state index contributed by atoms with van der Waals surface area (Å²) in [7, 11) is 6.25. The number of hydrogen-bond acceptors (Lipinski definition) is 10. The van der Waals surface area contributed by atoms with Crippen molar-refractivity contribution < 1.29 is 39.3 Å². The summed E-state index contributed by atoms with van der Waals surface area (Å²) in [5.41, 5.74) is 2.85. The van der Waals surface area contributed by atoms with E-state index in [0.29, 0.717) is 11.3 Å². The molecule has 7 atom stereocenters. The molecule has 1 aromatic carbocycles. The van der Waals surface area contributed by atoms with E-state index in [1.165, 1.54) is 25.1 Å². The first-order valence-corrected chi connectivity index (χ1v) is 11.3. The van der Waals surface area contributed by atoms with Gasteiger partial charge in [-0.3, -0.25) is 28.9 Å². The number of nitrogens with zero attached hydrogens (tertiary/aromatic N) is 2. The number of terminal acetylenes is 1. The van der Waals surface area contributed by atoms with Crippen LogP contribution in [0.2, 0.25) is 0 Å². The number of carbonyl (C=O) groups excluding carboxylic acids is 5. The zero-order chi connectivity index (χ0) is 27.0. The van der Waals surface area contributed by atoms with Crippen molar-refractivity contribution >= 4 is 34.7 Å². The van der Waals surface area contributed by atoms with E-state index in [4.69, 9.17) is 12.2 Å². The number of Topliss-reactive ketones (excluding diaryl/α,β-unsaturated/α-hetero) is 4. The van der Waals surface area contributed by atoms with Crippen LogP contribution in [0.3, 0.4) is 0 Å². The van der Waals surface area contributed by atoms with Gasteiger partial charge < -0.3 is 26.0 Å². The molecule has 11 nitrogen and oxygen atoms in total. The molecule has 1 amide bonds. The number of anilines is 1. The van der Waals surface area contributed by atoms with E-state index in [1.807, 2.05) is 0 Å². The number of hydrogen-bond donors (Lipinski definition) is 4. The second kappa shape index (κ2) is 8.23. The second-order valence-corrected chi connectivity index (χ2v) is 10.1. The Balaban J connectivity index is 1.97. The highest BCUT2D eigenvalue weighted by Gasteiger charge is 2.72. The van der Waals surface area contributed by atoms with Gasteiger partial charge in [-0.1, -0.05) is 5.92 Å². The maximum absolute atomic E-state index is 13.8. The zero-order valence-corrected chi connectivity index (χ0v) is 20.2. The van der Waals surface area contributed by atoms with E-state index in [0.717, 1.165) is 0 Å². The molecule has 0 heterocycles. The van der Waals surface area contributed by atoms with Crippen LogP contribution < -0.4 is 10.6 Å². The molecule has 0 radical (unpaired) electrons.